The van der Waals surface area contributed by atoms with Gasteiger partial charge in [0.05, 0.1) is 0 Å². The summed E-state index contributed by atoms with van der Waals surface area (Å²) < 4.78 is 0. The normalized spacial score (nSPS) is 17.8. The Morgan fingerprint density at radius 1 is 1.38 bits per heavy atom. The van der Waals surface area contributed by atoms with Gasteiger partial charge in [-0.2, -0.15) is 0 Å². The lowest BCUT2D eigenvalue weighted by atomic mass is 10.0. The van der Waals surface area contributed by atoms with Gasteiger partial charge in [-0.15, -0.1) is 11.8 Å². The average Bonchev–Trinajstić information content (AvgIpc) is 2.95. The van der Waals surface area contributed by atoms with Gasteiger partial charge < -0.3 is 15.3 Å². The van der Waals surface area contributed by atoms with Crippen molar-refractivity contribution < 1.29 is 14.7 Å². The molecule has 21 heavy (non-hydrogen) atoms. The topological polar surface area (TPSA) is 69.6 Å². The summed E-state index contributed by atoms with van der Waals surface area (Å²) in [5.74, 6) is -0.475. The number of carbonyl (C=O) groups is 2. The molecule has 0 spiro atoms. The summed E-state index contributed by atoms with van der Waals surface area (Å²) in [6.07, 6.45) is 3.71. The molecule has 1 atom stereocenters. The fourth-order valence-electron chi connectivity index (χ4n) is 2.46. The first kappa shape index (κ1) is 15.7. The predicted octanol–water partition coefficient (Wildman–Crippen LogP) is 3.13. The van der Waals surface area contributed by atoms with Crippen LogP contribution in [-0.4, -0.2) is 41.4 Å². The Hall–Kier alpha value is -1.69. The molecule has 1 fully saturated rings. The third-order valence-electron chi connectivity index (χ3n) is 3.68. The van der Waals surface area contributed by atoms with Crippen molar-refractivity contribution in [1.82, 2.24) is 4.90 Å². The highest BCUT2D eigenvalue weighted by molar-refractivity contribution is 7.98. The second-order valence-electron chi connectivity index (χ2n) is 5.19. The van der Waals surface area contributed by atoms with Gasteiger partial charge in [-0.25, -0.2) is 4.79 Å². The van der Waals surface area contributed by atoms with E-state index >= 15 is 0 Å². The highest BCUT2D eigenvalue weighted by Crippen LogP contribution is 2.22. The van der Waals surface area contributed by atoms with Gasteiger partial charge in [-0.3, -0.25) is 4.79 Å². The first-order valence-electron chi connectivity index (χ1n) is 7.00. The smallest absolute Gasteiger partial charge is 0.321 e. The molecule has 0 aliphatic carbocycles. The molecule has 1 heterocycles. The van der Waals surface area contributed by atoms with Gasteiger partial charge in [0.25, 0.3) is 0 Å². The number of anilines is 1. The molecule has 2 amide bonds. The van der Waals surface area contributed by atoms with Gasteiger partial charge in [0.1, 0.15) is 0 Å². The standard InChI is InChI=1S/C15H20N2O3S/c1-21-13-5-3-12(4-6-13)16-15(20)17-9-8-11(10-17)2-7-14(18)19/h3-6,11H,2,7-10H2,1H3,(H,16,20)(H,18,19). The summed E-state index contributed by atoms with van der Waals surface area (Å²) >= 11 is 1.66. The molecule has 0 bridgehead atoms. The number of amides is 2. The first-order chi connectivity index (χ1) is 10.1. The van der Waals surface area contributed by atoms with Crippen LogP contribution in [-0.2, 0) is 4.79 Å². The molecular formula is C15H20N2O3S. The molecule has 2 N–H and O–H groups in total. The van der Waals surface area contributed by atoms with Crippen LogP contribution in [0.15, 0.2) is 29.2 Å². The van der Waals surface area contributed by atoms with Gasteiger partial charge in [-0.05, 0) is 49.3 Å². The third-order valence-corrected chi connectivity index (χ3v) is 4.42. The van der Waals surface area contributed by atoms with Crippen molar-refractivity contribution in [3.8, 4) is 0 Å². The van der Waals surface area contributed by atoms with Gasteiger partial charge in [0.15, 0.2) is 0 Å². The molecule has 1 aliphatic heterocycles. The van der Waals surface area contributed by atoms with Gasteiger partial charge in [-0.1, -0.05) is 0 Å². The van der Waals surface area contributed by atoms with Crippen LogP contribution in [0.5, 0.6) is 0 Å². The number of likely N-dealkylation sites (tertiary alicyclic amines) is 1. The number of rotatable bonds is 5. The number of nitrogens with one attached hydrogen (secondary N) is 1. The number of carboxylic acids is 1. The second kappa shape index (κ2) is 7.36. The number of aliphatic carboxylic acids is 1. The second-order valence-corrected chi connectivity index (χ2v) is 6.07. The zero-order valence-electron chi connectivity index (χ0n) is 12.0. The fraction of sp³-hybridized carbons (Fsp3) is 0.467. The summed E-state index contributed by atoms with van der Waals surface area (Å²) in [6, 6.07) is 7.62. The van der Waals surface area contributed by atoms with Crippen LogP contribution in [0.4, 0.5) is 10.5 Å². The van der Waals surface area contributed by atoms with E-state index in [1.807, 2.05) is 30.5 Å². The Bertz CT molecular complexity index is 504. The van der Waals surface area contributed by atoms with E-state index in [1.165, 1.54) is 0 Å². The minimum absolute atomic E-state index is 0.107. The number of urea groups is 1. The van der Waals surface area contributed by atoms with E-state index in [1.54, 1.807) is 16.7 Å². The fourth-order valence-corrected chi connectivity index (χ4v) is 2.87. The molecule has 1 aliphatic rings. The van der Waals surface area contributed by atoms with E-state index in [9.17, 15) is 9.59 Å². The number of carbonyl (C=O) groups excluding carboxylic acids is 1. The molecule has 5 nitrogen and oxygen atoms in total. The van der Waals surface area contributed by atoms with Crippen molar-refractivity contribution in [2.75, 3.05) is 24.7 Å². The van der Waals surface area contributed by atoms with E-state index < -0.39 is 5.97 Å². The van der Waals surface area contributed by atoms with Crippen LogP contribution in [0, 0.1) is 5.92 Å². The van der Waals surface area contributed by atoms with Crippen LogP contribution in [0.2, 0.25) is 0 Å². The van der Waals surface area contributed by atoms with Gasteiger partial charge >= 0.3 is 12.0 Å². The number of nitrogens with zero attached hydrogens (tertiary/aromatic N) is 1. The maximum absolute atomic E-state index is 12.1. The van der Waals surface area contributed by atoms with E-state index in [0.717, 1.165) is 17.0 Å². The van der Waals surface area contributed by atoms with Crippen LogP contribution < -0.4 is 5.32 Å². The molecule has 1 aromatic rings. The highest BCUT2D eigenvalue weighted by atomic mass is 32.2. The molecule has 0 aromatic heterocycles. The van der Waals surface area contributed by atoms with E-state index in [0.29, 0.717) is 25.4 Å². The molecule has 1 unspecified atom stereocenters. The zero-order chi connectivity index (χ0) is 15.2. The largest absolute Gasteiger partial charge is 0.481 e. The molecule has 1 saturated heterocycles. The first-order valence-corrected chi connectivity index (χ1v) is 8.22. The van der Waals surface area contributed by atoms with Crippen molar-refractivity contribution in [3.05, 3.63) is 24.3 Å². The molecule has 2 rings (SSSR count). The molecule has 114 valence electrons. The van der Waals surface area contributed by atoms with Crippen molar-refractivity contribution in [2.24, 2.45) is 5.92 Å². The Balaban J connectivity index is 1.82. The maximum atomic E-state index is 12.1. The Morgan fingerprint density at radius 3 is 2.71 bits per heavy atom. The number of hydrogen-bond acceptors (Lipinski definition) is 3. The average molecular weight is 308 g/mol. The monoisotopic (exact) mass is 308 g/mol. The van der Waals surface area contributed by atoms with Gasteiger partial charge in [0.2, 0.25) is 0 Å². The van der Waals surface area contributed by atoms with Crippen molar-refractivity contribution in [2.45, 2.75) is 24.2 Å². The molecule has 0 saturated carbocycles. The molecule has 6 heteroatoms. The van der Waals surface area contributed by atoms with Crippen LogP contribution in [0.1, 0.15) is 19.3 Å². The minimum atomic E-state index is -0.771. The molecule has 1 aromatic carbocycles. The lowest BCUT2D eigenvalue weighted by Crippen LogP contribution is -2.33. The summed E-state index contributed by atoms with van der Waals surface area (Å²) in [5, 5.41) is 11.6. The van der Waals surface area contributed by atoms with Crippen molar-refractivity contribution in [3.63, 3.8) is 0 Å². The number of hydrogen-bond donors (Lipinski definition) is 2. The zero-order valence-corrected chi connectivity index (χ0v) is 12.9. The highest BCUT2D eigenvalue weighted by Gasteiger charge is 2.26. The van der Waals surface area contributed by atoms with Crippen molar-refractivity contribution >= 4 is 29.4 Å². The Morgan fingerprint density at radius 2 is 2.10 bits per heavy atom. The number of carboxylic acid groups (broad SMARTS) is 1. The quantitative estimate of drug-likeness (QED) is 0.820. The number of thioether (sulfide) groups is 1. The van der Waals surface area contributed by atoms with Crippen LogP contribution >= 0.6 is 11.8 Å². The number of benzene rings is 1. The van der Waals surface area contributed by atoms with Crippen LogP contribution in [0.25, 0.3) is 0 Å². The lowest BCUT2D eigenvalue weighted by molar-refractivity contribution is -0.137. The van der Waals surface area contributed by atoms with E-state index in [4.69, 9.17) is 5.11 Å². The third kappa shape index (κ3) is 4.67. The lowest BCUT2D eigenvalue weighted by Gasteiger charge is -2.17. The minimum Gasteiger partial charge on any atom is -0.481 e. The molecule has 0 radical (unpaired) electrons. The summed E-state index contributed by atoms with van der Waals surface area (Å²) in [5.41, 5.74) is 0.784. The Labute approximate surface area is 128 Å². The molecular weight excluding hydrogens is 288 g/mol. The van der Waals surface area contributed by atoms with E-state index in [2.05, 4.69) is 5.32 Å². The maximum Gasteiger partial charge on any atom is 0.321 e. The van der Waals surface area contributed by atoms with Crippen molar-refractivity contribution in [1.29, 1.82) is 0 Å². The summed E-state index contributed by atoms with van der Waals surface area (Å²) in [7, 11) is 0. The van der Waals surface area contributed by atoms with E-state index in [-0.39, 0.29) is 12.5 Å². The predicted molar refractivity (Wildman–Crippen MR) is 83.8 cm³/mol. The summed E-state index contributed by atoms with van der Waals surface area (Å²) in [6.45, 7) is 1.33. The Kier molecular flexibility index (Phi) is 5.50. The SMILES string of the molecule is CSc1ccc(NC(=O)N2CCC(CCC(=O)O)C2)cc1. The van der Waals surface area contributed by atoms with Crippen LogP contribution in [0.3, 0.4) is 0 Å². The van der Waals surface area contributed by atoms with Gasteiger partial charge in [0, 0.05) is 30.1 Å². The summed E-state index contributed by atoms with van der Waals surface area (Å²) in [4.78, 5) is 25.6.